The molecule has 3 rings (SSSR count). The number of rotatable bonds is 4. The Kier molecular flexibility index (Phi) is 6.44. The van der Waals surface area contributed by atoms with E-state index in [0.29, 0.717) is 13.1 Å². The van der Waals surface area contributed by atoms with Crippen LogP contribution in [0.1, 0.15) is 23.1 Å². The largest absolute Gasteiger partial charge is 0.416 e. The van der Waals surface area contributed by atoms with Crippen molar-refractivity contribution in [3.05, 3.63) is 56.7 Å². The lowest BCUT2D eigenvalue weighted by Gasteiger charge is -2.22. The van der Waals surface area contributed by atoms with Gasteiger partial charge in [0.25, 0.3) is 0 Å². The van der Waals surface area contributed by atoms with E-state index in [9.17, 15) is 18.0 Å². The minimum atomic E-state index is -4.45. The Morgan fingerprint density at radius 1 is 1.15 bits per heavy atom. The first kappa shape index (κ1) is 20.2. The second-order valence-electron chi connectivity index (χ2n) is 6.62. The van der Waals surface area contributed by atoms with E-state index in [1.807, 2.05) is 5.38 Å². The second-order valence-corrected chi connectivity index (χ2v) is 7.81. The molecule has 27 heavy (non-hydrogen) atoms. The lowest BCUT2D eigenvalue weighted by Crippen LogP contribution is -2.36. The van der Waals surface area contributed by atoms with Crippen LogP contribution in [0.3, 0.4) is 0 Å². The summed E-state index contributed by atoms with van der Waals surface area (Å²) in [6.07, 6.45) is -3.73. The Labute approximate surface area is 165 Å². The van der Waals surface area contributed by atoms with Crippen LogP contribution in [0, 0.1) is 0 Å². The van der Waals surface area contributed by atoms with Gasteiger partial charge in [0.05, 0.1) is 12.0 Å². The SMILES string of the molecule is O=C(Cc1cc(C(F)(F)F)ccc1Cl)N1CCCN(Cc2ccsc2)CC1. The van der Waals surface area contributed by atoms with Crippen molar-refractivity contribution in [2.45, 2.75) is 25.6 Å². The van der Waals surface area contributed by atoms with Gasteiger partial charge in [-0.2, -0.15) is 24.5 Å². The van der Waals surface area contributed by atoms with Gasteiger partial charge < -0.3 is 4.90 Å². The average Bonchev–Trinajstić information content (AvgIpc) is 3.00. The van der Waals surface area contributed by atoms with E-state index in [-0.39, 0.29) is 22.9 Å². The first-order valence-electron chi connectivity index (χ1n) is 8.70. The molecule has 1 saturated heterocycles. The molecule has 0 N–H and O–H groups in total. The van der Waals surface area contributed by atoms with Crippen molar-refractivity contribution in [1.29, 1.82) is 0 Å². The summed E-state index contributed by atoms with van der Waals surface area (Å²) < 4.78 is 38.7. The number of benzene rings is 1. The van der Waals surface area contributed by atoms with Crippen molar-refractivity contribution in [3.8, 4) is 0 Å². The van der Waals surface area contributed by atoms with Crippen molar-refractivity contribution in [3.63, 3.8) is 0 Å². The van der Waals surface area contributed by atoms with Crippen molar-refractivity contribution in [2.75, 3.05) is 26.2 Å². The van der Waals surface area contributed by atoms with Gasteiger partial charge in [0, 0.05) is 37.7 Å². The number of carbonyl (C=O) groups excluding carboxylic acids is 1. The number of thiophene rings is 1. The molecule has 8 heteroatoms. The molecule has 0 spiro atoms. The van der Waals surface area contributed by atoms with Crippen molar-refractivity contribution >= 4 is 28.8 Å². The molecule has 2 aromatic rings. The van der Waals surface area contributed by atoms with E-state index in [4.69, 9.17) is 11.6 Å². The van der Waals surface area contributed by atoms with Crippen molar-refractivity contribution in [1.82, 2.24) is 9.80 Å². The van der Waals surface area contributed by atoms with Crippen LogP contribution in [-0.2, 0) is 23.9 Å². The zero-order chi connectivity index (χ0) is 19.4. The standard InChI is InChI=1S/C19H20ClF3N2OS/c20-17-3-2-16(19(21,22)23)10-15(17)11-18(26)25-6-1-5-24(7-8-25)12-14-4-9-27-13-14/h2-4,9-10,13H,1,5-8,11-12H2. The third kappa shape index (κ3) is 5.46. The maximum Gasteiger partial charge on any atom is 0.416 e. The molecule has 2 heterocycles. The van der Waals surface area contributed by atoms with Gasteiger partial charge in [-0.1, -0.05) is 11.6 Å². The van der Waals surface area contributed by atoms with Gasteiger partial charge in [0.15, 0.2) is 0 Å². The van der Waals surface area contributed by atoms with Gasteiger partial charge in [-0.15, -0.1) is 0 Å². The predicted molar refractivity (Wildman–Crippen MR) is 101 cm³/mol. The van der Waals surface area contributed by atoms with Crippen LogP contribution in [0.15, 0.2) is 35.0 Å². The molecule has 1 aromatic carbocycles. The van der Waals surface area contributed by atoms with Crippen LogP contribution in [0.2, 0.25) is 5.02 Å². The van der Waals surface area contributed by atoms with Gasteiger partial charge >= 0.3 is 6.18 Å². The predicted octanol–water partition coefficient (Wildman–Crippen LogP) is 4.70. The number of amides is 1. The van der Waals surface area contributed by atoms with E-state index in [1.54, 1.807) is 16.2 Å². The summed E-state index contributed by atoms with van der Waals surface area (Å²) in [6.45, 7) is 3.67. The third-order valence-corrected chi connectivity index (χ3v) is 5.74. The molecule has 146 valence electrons. The van der Waals surface area contributed by atoms with Crippen LogP contribution >= 0.6 is 22.9 Å². The molecule has 0 radical (unpaired) electrons. The van der Waals surface area contributed by atoms with E-state index in [2.05, 4.69) is 16.3 Å². The van der Waals surface area contributed by atoms with E-state index < -0.39 is 11.7 Å². The van der Waals surface area contributed by atoms with Crippen LogP contribution < -0.4 is 0 Å². The van der Waals surface area contributed by atoms with Gasteiger partial charge in [-0.3, -0.25) is 9.69 Å². The molecule has 3 nitrogen and oxygen atoms in total. The van der Waals surface area contributed by atoms with Crippen LogP contribution in [0.4, 0.5) is 13.2 Å². The molecule has 0 bridgehead atoms. The molecular weight excluding hydrogens is 397 g/mol. The molecule has 0 saturated carbocycles. The summed E-state index contributed by atoms with van der Waals surface area (Å²) >= 11 is 7.68. The minimum absolute atomic E-state index is 0.118. The zero-order valence-corrected chi connectivity index (χ0v) is 16.2. The number of hydrogen-bond acceptors (Lipinski definition) is 3. The maximum absolute atomic E-state index is 12.9. The summed E-state index contributed by atoms with van der Waals surface area (Å²) in [4.78, 5) is 16.7. The molecule has 1 fully saturated rings. The Bertz CT molecular complexity index is 780. The molecule has 1 aromatic heterocycles. The summed E-state index contributed by atoms with van der Waals surface area (Å²) in [5.74, 6) is -0.186. The highest BCUT2D eigenvalue weighted by atomic mass is 35.5. The molecule has 0 aliphatic carbocycles. The molecule has 1 amide bonds. The Hall–Kier alpha value is -1.57. The summed E-state index contributed by atoms with van der Waals surface area (Å²) in [5.41, 5.74) is 0.693. The van der Waals surface area contributed by atoms with Crippen molar-refractivity contribution < 1.29 is 18.0 Å². The average molecular weight is 417 g/mol. The van der Waals surface area contributed by atoms with E-state index in [0.717, 1.165) is 38.2 Å². The highest BCUT2D eigenvalue weighted by Gasteiger charge is 2.31. The smallest absolute Gasteiger partial charge is 0.341 e. The lowest BCUT2D eigenvalue weighted by molar-refractivity contribution is -0.138. The van der Waals surface area contributed by atoms with Crippen molar-refractivity contribution in [2.24, 2.45) is 0 Å². The highest BCUT2D eigenvalue weighted by molar-refractivity contribution is 7.07. The topological polar surface area (TPSA) is 23.6 Å². The van der Waals surface area contributed by atoms with Gasteiger partial charge in [0.2, 0.25) is 5.91 Å². The van der Waals surface area contributed by atoms with Gasteiger partial charge in [0.1, 0.15) is 0 Å². The molecule has 0 atom stereocenters. The third-order valence-electron chi connectivity index (χ3n) is 4.64. The second kappa shape index (κ2) is 8.63. The molecular formula is C19H20ClF3N2OS. The van der Waals surface area contributed by atoms with Crippen LogP contribution in [0.25, 0.3) is 0 Å². The number of hydrogen-bond donors (Lipinski definition) is 0. The normalized spacial score (nSPS) is 16.4. The number of carbonyl (C=O) groups is 1. The van der Waals surface area contributed by atoms with Gasteiger partial charge in [-0.05, 0) is 52.6 Å². The summed E-state index contributed by atoms with van der Waals surface area (Å²) in [7, 11) is 0. The Morgan fingerprint density at radius 3 is 2.67 bits per heavy atom. The fourth-order valence-electron chi connectivity index (χ4n) is 3.18. The molecule has 1 aliphatic rings. The minimum Gasteiger partial charge on any atom is -0.341 e. The number of halogens is 4. The maximum atomic E-state index is 12.9. The first-order chi connectivity index (χ1) is 12.8. The van der Waals surface area contributed by atoms with Crippen LogP contribution in [0.5, 0.6) is 0 Å². The number of alkyl halides is 3. The lowest BCUT2D eigenvalue weighted by atomic mass is 10.1. The van der Waals surface area contributed by atoms with E-state index in [1.165, 1.54) is 11.6 Å². The van der Waals surface area contributed by atoms with Crippen LogP contribution in [-0.4, -0.2) is 41.9 Å². The molecule has 1 aliphatic heterocycles. The fourth-order valence-corrected chi connectivity index (χ4v) is 4.02. The molecule has 0 unspecified atom stereocenters. The monoisotopic (exact) mass is 416 g/mol. The Balaban J connectivity index is 1.61. The van der Waals surface area contributed by atoms with Gasteiger partial charge in [-0.25, -0.2) is 0 Å². The summed E-state index contributed by atoms with van der Waals surface area (Å²) in [5, 5.41) is 4.34. The zero-order valence-electron chi connectivity index (χ0n) is 14.6. The highest BCUT2D eigenvalue weighted by Crippen LogP contribution is 2.32. The fraction of sp³-hybridized carbons (Fsp3) is 0.421. The summed E-state index contributed by atoms with van der Waals surface area (Å²) in [6, 6.07) is 5.21. The Morgan fingerprint density at radius 2 is 1.96 bits per heavy atom. The number of nitrogens with zero attached hydrogens (tertiary/aromatic N) is 2. The quantitative estimate of drug-likeness (QED) is 0.721. The van der Waals surface area contributed by atoms with E-state index >= 15 is 0 Å². The first-order valence-corrected chi connectivity index (χ1v) is 10.0.